The van der Waals surface area contributed by atoms with Crippen molar-refractivity contribution in [1.82, 2.24) is 0 Å². The van der Waals surface area contributed by atoms with Crippen LogP contribution in [0.2, 0.25) is 0 Å². The first kappa shape index (κ1) is 20.5. The van der Waals surface area contributed by atoms with Gasteiger partial charge < -0.3 is 10.1 Å². The van der Waals surface area contributed by atoms with E-state index in [1.807, 2.05) is 36.4 Å². The number of carbonyl (C=O) groups is 1. The van der Waals surface area contributed by atoms with Crippen LogP contribution in [-0.4, -0.2) is 12.5 Å². The summed E-state index contributed by atoms with van der Waals surface area (Å²) in [6, 6.07) is 13.4. The molecule has 4 heteroatoms. The Morgan fingerprint density at radius 3 is 2.58 bits per heavy atom. The smallest absolute Gasteiger partial charge is 0.255 e. The van der Waals surface area contributed by atoms with E-state index >= 15 is 0 Å². The van der Waals surface area contributed by atoms with Gasteiger partial charge in [-0.2, -0.15) is 0 Å². The van der Waals surface area contributed by atoms with Crippen molar-refractivity contribution in [2.24, 2.45) is 0 Å². The van der Waals surface area contributed by atoms with Crippen LogP contribution in [0.3, 0.4) is 0 Å². The molecule has 0 unspecified atom stereocenters. The summed E-state index contributed by atoms with van der Waals surface area (Å²) in [5, 5.41) is 3.02. The Kier molecular flexibility index (Phi) is 8.17. The molecule has 1 amide bonds. The second-order valence-corrected chi connectivity index (χ2v) is 7.60. The van der Waals surface area contributed by atoms with E-state index in [4.69, 9.17) is 4.74 Å². The van der Waals surface area contributed by atoms with Gasteiger partial charge in [0.15, 0.2) is 0 Å². The molecule has 0 saturated heterocycles. The number of amides is 1. The molecule has 3 nitrogen and oxygen atoms in total. The minimum absolute atomic E-state index is 0.117. The average Bonchev–Trinajstić information content (AvgIpc) is 2.63. The first-order valence-corrected chi connectivity index (χ1v) is 10.1. The number of para-hydroxylation sites is 1. The Morgan fingerprint density at radius 1 is 1.12 bits per heavy atom. The first-order chi connectivity index (χ1) is 12.5. The number of hydrogen-bond donors (Lipinski definition) is 1. The van der Waals surface area contributed by atoms with Crippen molar-refractivity contribution in [1.29, 1.82) is 0 Å². The van der Waals surface area contributed by atoms with E-state index in [0.29, 0.717) is 18.1 Å². The molecule has 2 aromatic carbocycles. The zero-order valence-corrected chi connectivity index (χ0v) is 17.4. The SMILES string of the molecule is CCCCCCOc1ccc(C(=O)Nc2ccccc2C(C)C)cc1Br. The highest BCUT2D eigenvalue weighted by Gasteiger charge is 2.12. The molecule has 0 aliphatic heterocycles. The van der Waals surface area contributed by atoms with E-state index in [1.54, 1.807) is 6.07 Å². The summed E-state index contributed by atoms with van der Waals surface area (Å²) in [5.41, 5.74) is 2.60. The normalized spacial score (nSPS) is 10.8. The highest BCUT2D eigenvalue weighted by molar-refractivity contribution is 9.10. The highest BCUT2D eigenvalue weighted by Crippen LogP contribution is 2.28. The van der Waals surface area contributed by atoms with E-state index in [1.165, 1.54) is 19.3 Å². The average molecular weight is 418 g/mol. The molecule has 0 heterocycles. The van der Waals surface area contributed by atoms with Gasteiger partial charge in [0.2, 0.25) is 0 Å². The third kappa shape index (κ3) is 5.87. The maximum Gasteiger partial charge on any atom is 0.255 e. The van der Waals surface area contributed by atoms with Crippen LogP contribution in [-0.2, 0) is 0 Å². The molecule has 0 saturated carbocycles. The number of ether oxygens (including phenoxy) is 1. The number of benzene rings is 2. The summed E-state index contributed by atoms with van der Waals surface area (Å²) < 4.78 is 6.61. The second kappa shape index (κ2) is 10.4. The molecule has 26 heavy (non-hydrogen) atoms. The fourth-order valence-electron chi connectivity index (χ4n) is 2.78. The summed E-state index contributed by atoms with van der Waals surface area (Å²) >= 11 is 3.52. The molecule has 0 aliphatic carbocycles. The third-order valence-electron chi connectivity index (χ3n) is 4.28. The molecule has 140 valence electrons. The van der Waals surface area contributed by atoms with E-state index in [0.717, 1.165) is 27.9 Å². The minimum Gasteiger partial charge on any atom is -0.492 e. The lowest BCUT2D eigenvalue weighted by molar-refractivity contribution is 0.102. The van der Waals surface area contributed by atoms with E-state index < -0.39 is 0 Å². The van der Waals surface area contributed by atoms with Crippen molar-refractivity contribution in [3.63, 3.8) is 0 Å². The fraction of sp³-hybridized carbons (Fsp3) is 0.409. The van der Waals surface area contributed by atoms with Crippen LogP contribution in [0, 0.1) is 0 Å². The molecular weight excluding hydrogens is 390 g/mol. The van der Waals surface area contributed by atoms with Crippen molar-refractivity contribution < 1.29 is 9.53 Å². The Bertz CT molecular complexity index is 728. The quantitative estimate of drug-likeness (QED) is 0.456. The fourth-order valence-corrected chi connectivity index (χ4v) is 3.27. The van der Waals surface area contributed by atoms with Gasteiger partial charge in [-0.05, 0) is 58.1 Å². The molecule has 0 aliphatic rings. The maximum absolute atomic E-state index is 12.6. The number of halogens is 1. The zero-order chi connectivity index (χ0) is 18.9. The summed E-state index contributed by atoms with van der Waals surface area (Å²) in [7, 11) is 0. The summed E-state index contributed by atoms with van der Waals surface area (Å²) in [5.74, 6) is 1.01. The van der Waals surface area contributed by atoms with Crippen LogP contribution in [0.25, 0.3) is 0 Å². The number of hydrogen-bond acceptors (Lipinski definition) is 2. The van der Waals surface area contributed by atoms with Crippen LogP contribution in [0.15, 0.2) is 46.9 Å². The molecule has 0 bridgehead atoms. The first-order valence-electron chi connectivity index (χ1n) is 9.35. The van der Waals surface area contributed by atoms with E-state index in [9.17, 15) is 4.79 Å². The second-order valence-electron chi connectivity index (χ2n) is 6.75. The van der Waals surface area contributed by atoms with Gasteiger partial charge in [0.1, 0.15) is 5.75 Å². The molecule has 0 fully saturated rings. The van der Waals surface area contributed by atoms with E-state index in [-0.39, 0.29) is 5.91 Å². The number of nitrogens with one attached hydrogen (secondary N) is 1. The van der Waals surface area contributed by atoms with Gasteiger partial charge in [-0.15, -0.1) is 0 Å². The Balaban J connectivity index is 2.01. The Labute approximate surface area is 165 Å². The van der Waals surface area contributed by atoms with Crippen molar-refractivity contribution in [2.75, 3.05) is 11.9 Å². The predicted molar refractivity (Wildman–Crippen MR) is 112 cm³/mol. The van der Waals surface area contributed by atoms with Crippen molar-refractivity contribution >= 4 is 27.5 Å². The molecule has 0 radical (unpaired) electrons. The van der Waals surface area contributed by atoms with Gasteiger partial charge in [-0.3, -0.25) is 4.79 Å². The lowest BCUT2D eigenvalue weighted by Crippen LogP contribution is -2.13. The lowest BCUT2D eigenvalue weighted by atomic mass is 10.0. The number of carbonyl (C=O) groups excluding carboxylic acids is 1. The highest BCUT2D eigenvalue weighted by atomic mass is 79.9. The topological polar surface area (TPSA) is 38.3 Å². The third-order valence-corrected chi connectivity index (χ3v) is 4.90. The Hall–Kier alpha value is -1.81. The summed E-state index contributed by atoms with van der Waals surface area (Å²) in [6.07, 6.45) is 4.69. The molecule has 2 rings (SSSR count). The van der Waals surface area contributed by atoms with Crippen LogP contribution < -0.4 is 10.1 Å². The van der Waals surface area contributed by atoms with E-state index in [2.05, 4.69) is 42.0 Å². The number of anilines is 1. The summed E-state index contributed by atoms with van der Waals surface area (Å²) in [6.45, 7) is 7.13. The Morgan fingerprint density at radius 2 is 1.88 bits per heavy atom. The van der Waals surface area contributed by atoms with Gasteiger partial charge in [0, 0.05) is 11.3 Å². The van der Waals surface area contributed by atoms with Gasteiger partial charge >= 0.3 is 0 Å². The van der Waals surface area contributed by atoms with Crippen LogP contribution in [0.4, 0.5) is 5.69 Å². The van der Waals surface area contributed by atoms with Gasteiger partial charge in [0.25, 0.3) is 5.91 Å². The maximum atomic E-state index is 12.6. The number of unbranched alkanes of at least 4 members (excludes halogenated alkanes) is 3. The molecular formula is C22H28BrNO2. The van der Waals surface area contributed by atoms with Crippen molar-refractivity contribution in [3.05, 3.63) is 58.1 Å². The molecule has 0 atom stereocenters. The molecule has 0 aromatic heterocycles. The van der Waals surface area contributed by atoms with Crippen molar-refractivity contribution in [3.8, 4) is 5.75 Å². The van der Waals surface area contributed by atoms with Crippen LogP contribution in [0.1, 0.15) is 68.3 Å². The summed E-state index contributed by atoms with van der Waals surface area (Å²) in [4.78, 5) is 12.6. The largest absolute Gasteiger partial charge is 0.492 e. The van der Waals surface area contributed by atoms with Gasteiger partial charge in [0.05, 0.1) is 11.1 Å². The lowest BCUT2D eigenvalue weighted by Gasteiger charge is -2.14. The molecule has 1 N–H and O–H groups in total. The monoisotopic (exact) mass is 417 g/mol. The predicted octanol–water partition coefficient (Wildman–Crippen LogP) is 6.78. The van der Waals surface area contributed by atoms with Gasteiger partial charge in [-0.1, -0.05) is 58.2 Å². The minimum atomic E-state index is -0.117. The van der Waals surface area contributed by atoms with Crippen molar-refractivity contribution in [2.45, 2.75) is 52.4 Å². The standard InChI is InChI=1S/C22H28BrNO2/c1-4-5-6-9-14-26-21-13-12-17(15-19(21)23)22(25)24-20-11-8-7-10-18(20)16(2)3/h7-8,10-13,15-16H,4-6,9,14H2,1-3H3,(H,24,25). The van der Waals surface area contributed by atoms with Gasteiger partial charge in [-0.25, -0.2) is 0 Å². The van der Waals surface area contributed by atoms with Crippen LogP contribution >= 0.6 is 15.9 Å². The molecule has 0 spiro atoms. The van der Waals surface area contributed by atoms with Crippen LogP contribution in [0.5, 0.6) is 5.75 Å². The number of rotatable bonds is 9. The zero-order valence-electron chi connectivity index (χ0n) is 15.8. The molecule has 2 aromatic rings.